The summed E-state index contributed by atoms with van der Waals surface area (Å²) in [6, 6.07) is 3.59. The predicted octanol–water partition coefficient (Wildman–Crippen LogP) is 3.75. The van der Waals surface area contributed by atoms with Crippen LogP contribution in [-0.2, 0) is 22.3 Å². The molecule has 0 spiro atoms. The number of rotatable bonds is 7. The second kappa shape index (κ2) is 11.4. The summed E-state index contributed by atoms with van der Waals surface area (Å²) in [5.74, 6) is 2.28. The van der Waals surface area contributed by atoms with Gasteiger partial charge in [0.05, 0.1) is 18.2 Å². The minimum absolute atomic E-state index is 0.0182. The van der Waals surface area contributed by atoms with Gasteiger partial charge in [-0.2, -0.15) is 5.26 Å². The van der Waals surface area contributed by atoms with Crippen LogP contribution in [0.3, 0.4) is 0 Å². The second-order valence-corrected chi connectivity index (χ2v) is 11.6. The van der Waals surface area contributed by atoms with E-state index in [9.17, 15) is 10.1 Å². The monoisotopic (exact) mass is 590 g/mol. The Morgan fingerprint density at radius 3 is 2.63 bits per heavy atom. The predicted molar refractivity (Wildman–Crippen MR) is 156 cm³/mol. The molecule has 228 valence electrons. The average molecular weight is 591 g/mol. The molecule has 1 saturated heterocycles. The van der Waals surface area contributed by atoms with E-state index in [0.29, 0.717) is 35.7 Å². The Balaban J connectivity index is 1.57. The number of piperazine rings is 1. The summed E-state index contributed by atoms with van der Waals surface area (Å²) in [4.78, 5) is 17.3. The van der Waals surface area contributed by atoms with Crippen LogP contribution in [0.1, 0.15) is 51.0 Å². The Bertz CT molecular complexity index is 1520. The number of carbonyl (C=O) groups is 1. The van der Waals surface area contributed by atoms with Crippen molar-refractivity contribution in [2.45, 2.75) is 63.8 Å². The molecular formula is C32H38N4O7. The topological polar surface area (TPSA) is 129 Å². The third kappa shape index (κ3) is 4.43. The molecule has 2 aromatic rings. The minimum Gasteiger partial charge on any atom is -0.467 e. The molecule has 0 saturated carbocycles. The van der Waals surface area contributed by atoms with Gasteiger partial charge in [0.15, 0.2) is 18.3 Å². The lowest BCUT2D eigenvalue weighted by molar-refractivity contribution is -0.0718. The summed E-state index contributed by atoms with van der Waals surface area (Å²) in [6.07, 6.45) is 1.79. The fourth-order valence-electron chi connectivity index (χ4n) is 7.59. The molecule has 4 aliphatic rings. The van der Waals surface area contributed by atoms with E-state index >= 15 is 0 Å². The van der Waals surface area contributed by atoms with Crippen molar-refractivity contribution in [3.8, 4) is 29.1 Å². The number of hydrogen-bond acceptors (Lipinski definition) is 11. The zero-order valence-corrected chi connectivity index (χ0v) is 25.3. The fourth-order valence-corrected chi connectivity index (χ4v) is 7.59. The van der Waals surface area contributed by atoms with E-state index < -0.39 is 18.2 Å². The van der Waals surface area contributed by atoms with Gasteiger partial charge < -0.3 is 34.2 Å². The number of fused-ring (bicyclic) bond motifs is 9. The zero-order chi connectivity index (χ0) is 30.6. The summed E-state index contributed by atoms with van der Waals surface area (Å²) in [5, 5.41) is 10.7. The van der Waals surface area contributed by atoms with Gasteiger partial charge in [-0.3, -0.25) is 9.80 Å². The number of aryl methyl sites for hydroxylation is 1. The van der Waals surface area contributed by atoms with Crippen LogP contribution in [0, 0.1) is 32.1 Å². The first-order valence-corrected chi connectivity index (χ1v) is 14.5. The highest BCUT2D eigenvalue weighted by molar-refractivity contribution is 5.72. The van der Waals surface area contributed by atoms with Gasteiger partial charge in [-0.15, -0.1) is 0 Å². The first-order chi connectivity index (χ1) is 20.8. The van der Waals surface area contributed by atoms with E-state index in [2.05, 4.69) is 49.4 Å². The lowest BCUT2D eigenvalue weighted by Crippen LogP contribution is -2.68. The maximum Gasteiger partial charge on any atom is 0.514 e. The number of nitrogens with two attached hydrogens (primary N) is 1. The number of nitriles is 1. The number of methoxy groups -OCH3 is 1. The molecule has 4 aliphatic heterocycles. The molecule has 2 aromatic carbocycles. The molecule has 1 unspecified atom stereocenters. The normalized spacial score (nSPS) is 25.2. The molecule has 6 rings (SSSR count). The molecule has 5 atom stereocenters. The smallest absolute Gasteiger partial charge is 0.467 e. The van der Waals surface area contributed by atoms with E-state index in [1.54, 1.807) is 7.11 Å². The van der Waals surface area contributed by atoms with Crippen LogP contribution in [0.4, 0.5) is 4.79 Å². The van der Waals surface area contributed by atoms with Crippen LogP contribution < -0.4 is 24.7 Å². The summed E-state index contributed by atoms with van der Waals surface area (Å²) in [7, 11) is 3.69. The number of hydrogen-bond donors (Lipinski definition) is 1. The Kier molecular flexibility index (Phi) is 7.73. The minimum atomic E-state index is -0.837. The molecular weight excluding hydrogens is 552 g/mol. The van der Waals surface area contributed by atoms with Crippen LogP contribution in [-0.4, -0.2) is 75.0 Å². The molecule has 0 aromatic heterocycles. The molecule has 0 amide bonds. The first-order valence-electron chi connectivity index (χ1n) is 14.5. The van der Waals surface area contributed by atoms with Gasteiger partial charge in [0.2, 0.25) is 6.79 Å². The molecule has 0 aliphatic carbocycles. The highest BCUT2D eigenvalue weighted by Crippen LogP contribution is 2.57. The Morgan fingerprint density at radius 2 is 1.93 bits per heavy atom. The van der Waals surface area contributed by atoms with Gasteiger partial charge in [0.25, 0.3) is 0 Å². The first kappa shape index (κ1) is 29.3. The summed E-state index contributed by atoms with van der Waals surface area (Å²) < 4.78 is 34.6. The molecule has 0 radical (unpaired) electrons. The molecule has 2 bridgehead atoms. The molecule has 43 heavy (non-hydrogen) atoms. The quantitative estimate of drug-likeness (QED) is 0.219. The lowest BCUT2D eigenvalue weighted by Gasteiger charge is -2.60. The third-order valence-corrected chi connectivity index (χ3v) is 9.46. The van der Waals surface area contributed by atoms with Crippen molar-refractivity contribution in [3.05, 3.63) is 57.7 Å². The average Bonchev–Trinajstić information content (AvgIpc) is 3.49. The van der Waals surface area contributed by atoms with Crippen LogP contribution in [0.5, 0.6) is 23.0 Å². The van der Waals surface area contributed by atoms with Crippen molar-refractivity contribution in [1.29, 1.82) is 5.26 Å². The summed E-state index contributed by atoms with van der Waals surface area (Å²) >= 11 is 0. The van der Waals surface area contributed by atoms with Crippen molar-refractivity contribution in [2.24, 2.45) is 5.73 Å². The van der Waals surface area contributed by atoms with E-state index in [0.717, 1.165) is 33.6 Å². The number of nitrogens with zero attached hydrogens (tertiary/aromatic N) is 3. The highest BCUT2D eigenvalue weighted by atomic mass is 16.7. The van der Waals surface area contributed by atoms with Gasteiger partial charge in [-0.25, -0.2) is 4.79 Å². The van der Waals surface area contributed by atoms with E-state index in [4.69, 9.17) is 34.2 Å². The highest BCUT2D eigenvalue weighted by Gasteiger charge is 2.56. The fraction of sp³-hybridized carbons (Fsp3) is 0.500. The number of benzene rings is 2. The Labute approximate surface area is 251 Å². The third-order valence-electron chi connectivity index (χ3n) is 9.46. The Morgan fingerprint density at radius 1 is 1.16 bits per heavy atom. The van der Waals surface area contributed by atoms with Crippen LogP contribution in [0.25, 0.3) is 0 Å². The van der Waals surface area contributed by atoms with Gasteiger partial charge in [-0.05, 0) is 57.4 Å². The van der Waals surface area contributed by atoms with Crippen molar-refractivity contribution >= 4 is 6.16 Å². The molecule has 1 fully saturated rings. The van der Waals surface area contributed by atoms with E-state index in [1.807, 2.05) is 6.92 Å². The summed E-state index contributed by atoms with van der Waals surface area (Å²) in [6.45, 7) is 9.99. The molecule has 2 N–H and O–H groups in total. The van der Waals surface area contributed by atoms with Crippen molar-refractivity contribution < 1.29 is 33.2 Å². The van der Waals surface area contributed by atoms with Crippen molar-refractivity contribution in [2.75, 3.05) is 40.9 Å². The second-order valence-electron chi connectivity index (χ2n) is 11.6. The maximum absolute atomic E-state index is 12.8. The van der Waals surface area contributed by atoms with Gasteiger partial charge in [0, 0.05) is 48.0 Å². The molecule has 11 nitrogen and oxygen atoms in total. The van der Waals surface area contributed by atoms with Crippen LogP contribution in [0.15, 0.2) is 18.7 Å². The number of carbonyl (C=O) groups excluding carboxylic acids is 1. The van der Waals surface area contributed by atoms with Crippen molar-refractivity contribution in [1.82, 2.24) is 9.80 Å². The van der Waals surface area contributed by atoms with Crippen LogP contribution in [0.2, 0.25) is 0 Å². The largest absolute Gasteiger partial charge is 0.514 e. The van der Waals surface area contributed by atoms with Crippen LogP contribution >= 0.6 is 0 Å². The van der Waals surface area contributed by atoms with Gasteiger partial charge >= 0.3 is 6.16 Å². The zero-order valence-electron chi connectivity index (χ0n) is 25.3. The lowest BCUT2D eigenvalue weighted by atomic mass is 9.71. The summed E-state index contributed by atoms with van der Waals surface area (Å²) in [5.41, 5.74) is 13.2. The number of ether oxygens (including phenoxy) is 6. The SMILES string of the molecule is C=CCOC(=O)Oc1c(C)c2c(c3c1CC1[C@H]4c5c(cc(C)c(C)c5OCOC)C[C@@H]([C@H](C#N)N1[C@H]3CN)N4C)OCO2. The van der Waals surface area contributed by atoms with E-state index in [-0.39, 0.29) is 44.9 Å². The van der Waals surface area contributed by atoms with E-state index in [1.165, 1.54) is 11.6 Å². The number of likely N-dealkylation sites (N-methyl/N-ethyl adjacent to an activating group) is 1. The van der Waals surface area contributed by atoms with Gasteiger partial charge in [-0.1, -0.05) is 18.7 Å². The molecule has 11 heteroatoms. The maximum atomic E-state index is 12.8. The Hall–Kier alpha value is -3.82. The molecule has 4 heterocycles. The van der Waals surface area contributed by atoms with Crippen molar-refractivity contribution in [3.63, 3.8) is 0 Å². The van der Waals surface area contributed by atoms with Gasteiger partial charge in [0.1, 0.15) is 24.1 Å². The standard InChI is InChI=1S/C32H38N4O7/c1-7-8-39-32(37)43-28-18(4)30-31(42-15-41-30)26-20(28)11-22-27-25-19(9-16(2)17(3)29(25)40-14-38-6)10-21(35(27)5)23(12-33)36(22)24(26)13-34/h7,9,21-24,27H,1,8,10-11,13-15,34H2,2-6H3/t21-,22?,23-,24-,27-/m0/s1.